The number of hydrogen-bond acceptors (Lipinski definition) is 4. The Kier molecular flexibility index (Phi) is 29.3. The highest BCUT2D eigenvalue weighted by atomic mass is 16.3. The van der Waals surface area contributed by atoms with Crippen molar-refractivity contribution in [1.82, 2.24) is 0 Å². The smallest absolute Gasteiger partial charge is 0.161 e. The summed E-state index contributed by atoms with van der Waals surface area (Å²) in [5.41, 5.74) is 1.45. The summed E-state index contributed by atoms with van der Waals surface area (Å²) in [6.45, 7) is 4.80. The third kappa shape index (κ3) is 28.4. The number of rotatable bonds is 30. The number of aliphatic hydroxyl groups is 3. The van der Waals surface area contributed by atoms with E-state index in [1.165, 1.54) is 108 Å². The van der Waals surface area contributed by atoms with Gasteiger partial charge in [-0.15, -0.1) is 0 Å². The lowest BCUT2D eigenvalue weighted by atomic mass is 10.0. The van der Waals surface area contributed by atoms with Crippen LogP contribution in [-0.2, 0) is 4.79 Å². The minimum atomic E-state index is -1.06. The third-order valence-electron chi connectivity index (χ3n) is 7.78. The van der Waals surface area contributed by atoms with Crippen LogP contribution in [0.15, 0.2) is 23.8 Å². The second kappa shape index (κ2) is 30.0. The molecule has 2 unspecified atom stereocenters. The lowest BCUT2D eigenvalue weighted by Crippen LogP contribution is -2.25. The van der Waals surface area contributed by atoms with Gasteiger partial charge in [0.25, 0.3) is 0 Å². The van der Waals surface area contributed by atoms with Crippen molar-refractivity contribution in [1.29, 1.82) is 0 Å². The fourth-order valence-electron chi connectivity index (χ4n) is 5.10. The Morgan fingerprint density at radius 1 is 0.641 bits per heavy atom. The van der Waals surface area contributed by atoms with Gasteiger partial charge in [-0.1, -0.05) is 140 Å². The molecule has 0 rings (SSSR count). The molecule has 0 bridgehead atoms. The molecule has 0 saturated carbocycles. The van der Waals surface area contributed by atoms with Crippen molar-refractivity contribution in [2.45, 2.75) is 187 Å². The maximum atomic E-state index is 12.2. The summed E-state index contributed by atoms with van der Waals surface area (Å²) < 4.78 is 0. The van der Waals surface area contributed by atoms with Crippen LogP contribution in [0.1, 0.15) is 174 Å². The molecule has 0 saturated heterocycles. The lowest BCUT2D eigenvalue weighted by molar-refractivity contribution is -0.128. The van der Waals surface area contributed by atoms with Crippen LogP contribution in [0.3, 0.4) is 0 Å². The highest BCUT2D eigenvalue weighted by molar-refractivity contribution is 5.82. The van der Waals surface area contributed by atoms with E-state index in [4.69, 9.17) is 5.11 Å². The number of ketones is 1. The van der Waals surface area contributed by atoms with E-state index in [2.05, 4.69) is 19.9 Å². The topological polar surface area (TPSA) is 77.8 Å². The highest BCUT2D eigenvalue weighted by Gasteiger charge is 2.17. The maximum Gasteiger partial charge on any atom is 0.161 e. The zero-order valence-corrected chi connectivity index (χ0v) is 26.0. The normalized spacial score (nSPS) is 13.8. The summed E-state index contributed by atoms with van der Waals surface area (Å²) in [4.78, 5) is 12.2. The van der Waals surface area contributed by atoms with Gasteiger partial charge in [-0.3, -0.25) is 4.79 Å². The molecule has 0 aliphatic carbocycles. The molecule has 4 heteroatoms. The fraction of sp³-hybridized carbons (Fsp3) is 0.857. The first-order valence-corrected chi connectivity index (χ1v) is 16.8. The standard InChI is InChI=1S/C35H66O4/c1-3-4-5-6-14-17-21-26-32(2)27-22-20-23-28-33(37)31-35(39)34(38)29-24-18-15-12-10-8-7-9-11-13-16-19-25-30-36/h23,27-28,33,35-37,39H,3-22,24-26,29-31H2,1-2H3. The molecule has 0 fully saturated rings. The van der Waals surface area contributed by atoms with Gasteiger partial charge < -0.3 is 15.3 Å². The zero-order chi connectivity index (χ0) is 28.8. The number of carbonyl (C=O) groups excluding carboxylic acids is 1. The number of allylic oxidation sites excluding steroid dienone is 3. The molecule has 0 amide bonds. The molecule has 0 aromatic rings. The van der Waals surface area contributed by atoms with Crippen LogP contribution in [-0.4, -0.2) is 39.9 Å². The minimum Gasteiger partial charge on any atom is -0.396 e. The Morgan fingerprint density at radius 2 is 1.10 bits per heavy atom. The molecule has 0 heterocycles. The van der Waals surface area contributed by atoms with Crippen LogP contribution >= 0.6 is 0 Å². The molecule has 230 valence electrons. The van der Waals surface area contributed by atoms with E-state index in [0.717, 1.165) is 44.9 Å². The van der Waals surface area contributed by atoms with E-state index in [-0.39, 0.29) is 12.2 Å². The Hall–Kier alpha value is -0.970. The van der Waals surface area contributed by atoms with Crippen LogP contribution < -0.4 is 0 Å². The predicted octanol–water partition coefficient (Wildman–Crippen LogP) is 9.54. The van der Waals surface area contributed by atoms with Gasteiger partial charge >= 0.3 is 0 Å². The van der Waals surface area contributed by atoms with Crippen molar-refractivity contribution in [2.24, 2.45) is 0 Å². The Balaban J connectivity index is 3.66. The van der Waals surface area contributed by atoms with Crippen molar-refractivity contribution in [3.63, 3.8) is 0 Å². The summed E-state index contributed by atoms with van der Waals surface area (Å²) >= 11 is 0. The average Bonchev–Trinajstić information content (AvgIpc) is 2.92. The monoisotopic (exact) mass is 550 g/mol. The van der Waals surface area contributed by atoms with E-state index in [1.54, 1.807) is 6.08 Å². The van der Waals surface area contributed by atoms with Crippen molar-refractivity contribution in [2.75, 3.05) is 6.61 Å². The van der Waals surface area contributed by atoms with Gasteiger partial charge in [0.2, 0.25) is 0 Å². The van der Waals surface area contributed by atoms with Crippen molar-refractivity contribution >= 4 is 5.78 Å². The first-order valence-electron chi connectivity index (χ1n) is 16.8. The molecule has 0 spiro atoms. The molecule has 0 radical (unpaired) electrons. The minimum absolute atomic E-state index is 0.101. The quantitative estimate of drug-likeness (QED) is 0.0614. The molecule has 3 N–H and O–H groups in total. The number of carbonyl (C=O) groups is 1. The average molecular weight is 551 g/mol. The Morgan fingerprint density at radius 3 is 1.62 bits per heavy atom. The van der Waals surface area contributed by atoms with Gasteiger partial charge in [0.15, 0.2) is 5.78 Å². The van der Waals surface area contributed by atoms with Crippen molar-refractivity contribution < 1.29 is 20.1 Å². The van der Waals surface area contributed by atoms with Crippen molar-refractivity contribution in [3.05, 3.63) is 23.8 Å². The maximum absolute atomic E-state index is 12.2. The summed E-state index contributed by atoms with van der Waals surface area (Å²) in [5.74, 6) is -0.134. The van der Waals surface area contributed by atoms with Gasteiger partial charge in [-0.05, 0) is 45.4 Å². The first kappa shape index (κ1) is 38.0. The van der Waals surface area contributed by atoms with Crippen LogP contribution in [0.2, 0.25) is 0 Å². The third-order valence-corrected chi connectivity index (χ3v) is 7.78. The van der Waals surface area contributed by atoms with E-state index >= 15 is 0 Å². The molecule has 39 heavy (non-hydrogen) atoms. The Labute approximate surface area is 242 Å². The summed E-state index contributed by atoms with van der Waals surface area (Å²) in [6, 6.07) is 0. The molecule has 0 aromatic heterocycles. The molecule has 0 aliphatic heterocycles. The second-order valence-corrected chi connectivity index (χ2v) is 11.8. The summed E-state index contributed by atoms with van der Waals surface area (Å²) in [5, 5.41) is 29.1. The van der Waals surface area contributed by atoms with Gasteiger partial charge in [-0.25, -0.2) is 0 Å². The van der Waals surface area contributed by atoms with E-state index in [9.17, 15) is 15.0 Å². The number of unbranched alkanes of at least 4 members (excludes halogenated alkanes) is 19. The molecule has 0 aromatic carbocycles. The fourth-order valence-corrected chi connectivity index (χ4v) is 5.10. The highest BCUT2D eigenvalue weighted by Crippen LogP contribution is 2.15. The van der Waals surface area contributed by atoms with Crippen molar-refractivity contribution in [3.8, 4) is 0 Å². The van der Waals surface area contributed by atoms with Gasteiger partial charge in [0.1, 0.15) is 6.10 Å². The predicted molar refractivity (Wildman–Crippen MR) is 168 cm³/mol. The molecule has 2 atom stereocenters. The van der Waals surface area contributed by atoms with Crippen LogP contribution in [0.25, 0.3) is 0 Å². The number of hydrogen-bond donors (Lipinski definition) is 3. The molecule has 0 aliphatic rings. The van der Waals surface area contributed by atoms with Gasteiger partial charge in [0, 0.05) is 19.4 Å². The first-order chi connectivity index (χ1) is 19.0. The largest absolute Gasteiger partial charge is 0.396 e. The van der Waals surface area contributed by atoms with Crippen LogP contribution in [0.4, 0.5) is 0 Å². The number of aliphatic hydroxyl groups excluding tert-OH is 3. The van der Waals surface area contributed by atoms with Crippen LogP contribution in [0, 0.1) is 0 Å². The summed E-state index contributed by atoms with van der Waals surface area (Å²) in [6.07, 6.45) is 32.6. The second-order valence-electron chi connectivity index (χ2n) is 11.8. The van der Waals surface area contributed by atoms with E-state index in [1.807, 2.05) is 6.08 Å². The van der Waals surface area contributed by atoms with E-state index < -0.39 is 12.2 Å². The number of Topliss-reactive ketones (excluding diaryl/α,β-unsaturated/α-hetero) is 1. The summed E-state index contributed by atoms with van der Waals surface area (Å²) in [7, 11) is 0. The zero-order valence-electron chi connectivity index (χ0n) is 26.0. The van der Waals surface area contributed by atoms with Crippen LogP contribution in [0.5, 0.6) is 0 Å². The lowest BCUT2D eigenvalue weighted by Gasteiger charge is -2.12. The van der Waals surface area contributed by atoms with E-state index in [0.29, 0.717) is 13.0 Å². The molecular formula is C35H66O4. The molecular weight excluding hydrogens is 484 g/mol. The Bertz CT molecular complexity index is 583. The van der Waals surface area contributed by atoms with Gasteiger partial charge in [0.05, 0.1) is 6.10 Å². The SMILES string of the molecule is CCCCCCCCCC(C)=CCCC=CC(O)CC(O)C(=O)CCCCCCCCCCCCCCCO. The van der Waals surface area contributed by atoms with Gasteiger partial charge in [-0.2, -0.15) is 0 Å². The molecule has 4 nitrogen and oxygen atoms in total.